The molecule has 2 amide bonds. The van der Waals surface area contributed by atoms with E-state index in [0.29, 0.717) is 11.0 Å². The van der Waals surface area contributed by atoms with Crippen LogP contribution in [0.5, 0.6) is 0 Å². The number of H-pyrrole nitrogens is 1. The molecule has 0 spiro atoms. The number of non-ortho nitro benzene ring substituents is 1. The summed E-state index contributed by atoms with van der Waals surface area (Å²) in [6, 6.07) is 10.9. The summed E-state index contributed by atoms with van der Waals surface area (Å²) < 4.78 is 0. The number of carbonyl (C=O) groups excluding carboxylic acids is 2. The second kappa shape index (κ2) is 10.9. The predicted octanol–water partition coefficient (Wildman–Crippen LogP) is 4.19. The van der Waals surface area contributed by atoms with Crippen molar-refractivity contribution >= 4 is 35.0 Å². The first-order valence-electron chi connectivity index (χ1n) is 10.6. The van der Waals surface area contributed by atoms with Crippen LogP contribution in [0, 0.1) is 29.9 Å². The van der Waals surface area contributed by atoms with Crippen molar-refractivity contribution in [3.63, 3.8) is 0 Å². The van der Waals surface area contributed by atoms with Gasteiger partial charge >= 0.3 is 0 Å². The van der Waals surface area contributed by atoms with Gasteiger partial charge in [0.05, 0.1) is 16.7 Å². The van der Waals surface area contributed by atoms with Crippen LogP contribution in [0.3, 0.4) is 0 Å². The maximum Gasteiger partial charge on any atom is 0.270 e. The number of rotatable bonds is 9. The third-order valence-corrected chi connectivity index (χ3v) is 5.73. The molecule has 0 aliphatic carbocycles. The van der Waals surface area contributed by atoms with Gasteiger partial charge in [-0.1, -0.05) is 37.7 Å². The average Bonchev–Trinajstić information content (AvgIpc) is 3.23. The Kier molecular flexibility index (Phi) is 8.00. The Bertz CT molecular complexity index is 1190. The first kappa shape index (κ1) is 24.9. The van der Waals surface area contributed by atoms with Gasteiger partial charge in [0.1, 0.15) is 5.82 Å². The maximum atomic E-state index is 12.7. The highest BCUT2D eigenvalue weighted by Gasteiger charge is 2.24. The third-order valence-electron chi connectivity index (χ3n) is 4.89. The molecule has 34 heavy (non-hydrogen) atoms. The molecule has 1 aromatic heterocycles. The molecule has 11 heteroatoms. The normalized spacial score (nSPS) is 11.8. The second-order valence-corrected chi connectivity index (χ2v) is 9.16. The van der Waals surface area contributed by atoms with Gasteiger partial charge in [0.15, 0.2) is 0 Å². The van der Waals surface area contributed by atoms with E-state index < -0.39 is 16.9 Å². The molecule has 0 unspecified atom stereocenters. The molecule has 0 saturated heterocycles. The molecule has 0 aliphatic rings. The number of amides is 2. The molecule has 1 atom stereocenters. The fraction of sp³-hybridized carbons (Fsp3) is 0.304. The summed E-state index contributed by atoms with van der Waals surface area (Å²) >= 11 is 1.17. The van der Waals surface area contributed by atoms with E-state index in [2.05, 4.69) is 25.8 Å². The quantitative estimate of drug-likeness (QED) is 0.236. The molecule has 3 aromatic rings. The zero-order valence-electron chi connectivity index (χ0n) is 19.3. The minimum Gasteiger partial charge on any atom is -0.342 e. The number of thioether (sulfide) groups is 1. The van der Waals surface area contributed by atoms with Crippen LogP contribution in [0.25, 0.3) is 0 Å². The lowest BCUT2D eigenvalue weighted by Gasteiger charge is -2.19. The lowest BCUT2D eigenvalue weighted by Crippen LogP contribution is -2.32. The van der Waals surface area contributed by atoms with Crippen LogP contribution in [0.4, 0.5) is 11.4 Å². The van der Waals surface area contributed by atoms with Crippen molar-refractivity contribution in [2.24, 2.45) is 5.92 Å². The summed E-state index contributed by atoms with van der Waals surface area (Å²) in [6.07, 6.45) is 0. The van der Waals surface area contributed by atoms with Gasteiger partial charge in [0.25, 0.3) is 11.6 Å². The van der Waals surface area contributed by atoms with E-state index >= 15 is 0 Å². The number of nitro groups is 1. The highest BCUT2D eigenvalue weighted by molar-refractivity contribution is 7.99. The third kappa shape index (κ3) is 6.64. The molecular formula is C23H26N6O4S. The van der Waals surface area contributed by atoms with Gasteiger partial charge in [-0.25, -0.2) is 4.98 Å². The molecule has 3 N–H and O–H groups in total. The second-order valence-electron chi connectivity index (χ2n) is 8.22. The largest absolute Gasteiger partial charge is 0.342 e. The van der Waals surface area contributed by atoms with Gasteiger partial charge in [-0.05, 0) is 49.1 Å². The van der Waals surface area contributed by atoms with Gasteiger partial charge in [-0.3, -0.25) is 24.8 Å². The van der Waals surface area contributed by atoms with Crippen LogP contribution in [0.15, 0.2) is 47.6 Å². The number of aryl methyl sites for hydroxylation is 2. The predicted molar refractivity (Wildman–Crippen MR) is 130 cm³/mol. The van der Waals surface area contributed by atoms with Gasteiger partial charge in [-0.2, -0.15) is 0 Å². The standard InChI is InChI=1S/C23H26N6O4S/c1-13(2)20(25-22(31)16-6-5-7-18(11-16)29(32)33)21-26-23(28-27-21)34-12-19(30)24-17-9-14(3)8-15(4)10-17/h5-11,13,20H,12H2,1-4H3,(H,24,30)(H,25,31)(H,26,27,28)/t20-/m1/s1. The van der Waals surface area contributed by atoms with E-state index in [1.165, 1.54) is 36.0 Å². The van der Waals surface area contributed by atoms with Crippen molar-refractivity contribution in [1.29, 1.82) is 0 Å². The number of aromatic amines is 1. The minimum absolute atomic E-state index is 0.0405. The van der Waals surface area contributed by atoms with E-state index in [1.54, 1.807) is 0 Å². The Morgan fingerprint density at radius 3 is 2.50 bits per heavy atom. The first-order chi connectivity index (χ1) is 16.1. The number of anilines is 1. The Morgan fingerprint density at radius 2 is 1.85 bits per heavy atom. The van der Waals surface area contributed by atoms with Crippen LogP contribution >= 0.6 is 11.8 Å². The van der Waals surface area contributed by atoms with E-state index in [-0.39, 0.29) is 28.8 Å². The number of hydrogen-bond donors (Lipinski definition) is 3. The molecule has 0 radical (unpaired) electrons. The smallest absolute Gasteiger partial charge is 0.270 e. The Morgan fingerprint density at radius 1 is 1.15 bits per heavy atom. The van der Waals surface area contributed by atoms with Crippen molar-refractivity contribution < 1.29 is 14.5 Å². The van der Waals surface area contributed by atoms with E-state index in [1.807, 2.05) is 45.9 Å². The van der Waals surface area contributed by atoms with E-state index in [0.717, 1.165) is 16.8 Å². The molecule has 3 rings (SSSR count). The number of aromatic nitrogens is 3. The zero-order valence-corrected chi connectivity index (χ0v) is 20.1. The van der Waals surface area contributed by atoms with E-state index in [4.69, 9.17) is 0 Å². The number of carbonyl (C=O) groups is 2. The van der Waals surface area contributed by atoms with Gasteiger partial charge in [-0.15, -0.1) is 5.10 Å². The number of hydrogen-bond acceptors (Lipinski definition) is 7. The molecule has 0 fully saturated rings. The fourth-order valence-electron chi connectivity index (χ4n) is 3.37. The van der Waals surface area contributed by atoms with Crippen molar-refractivity contribution in [1.82, 2.24) is 20.5 Å². The SMILES string of the molecule is Cc1cc(C)cc(NC(=O)CSc2n[nH]c([C@H](NC(=O)c3cccc([N+](=O)[O-])c3)C(C)C)n2)c1. The van der Waals surface area contributed by atoms with Gasteiger partial charge in [0.2, 0.25) is 11.1 Å². The molecule has 10 nitrogen and oxygen atoms in total. The molecular weight excluding hydrogens is 456 g/mol. The van der Waals surface area contributed by atoms with Crippen LogP contribution in [-0.2, 0) is 4.79 Å². The van der Waals surface area contributed by atoms with Crippen LogP contribution in [0.2, 0.25) is 0 Å². The van der Waals surface area contributed by atoms with Crippen LogP contribution in [0.1, 0.15) is 47.2 Å². The lowest BCUT2D eigenvalue weighted by atomic mass is 10.0. The summed E-state index contributed by atoms with van der Waals surface area (Å²) in [5, 5.41) is 24.1. The lowest BCUT2D eigenvalue weighted by molar-refractivity contribution is -0.384. The fourth-order valence-corrected chi connectivity index (χ4v) is 3.98. The van der Waals surface area contributed by atoms with Crippen molar-refractivity contribution in [2.75, 3.05) is 11.1 Å². The minimum atomic E-state index is -0.549. The summed E-state index contributed by atoms with van der Waals surface area (Å²) in [4.78, 5) is 39.9. The molecule has 2 aromatic carbocycles. The summed E-state index contributed by atoms with van der Waals surface area (Å²) in [5.74, 6) is -0.120. The molecule has 0 aliphatic heterocycles. The summed E-state index contributed by atoms with van der Waals surface area (Å²) in [6.45, 7) is 7.75. The Balaban J connectivity index is 1.63. The molecule has 1 heterocycles. The van der Waals surface area contributed by atoms with Crippen LogP contribution in [-0.4, -0.2) is 37.7 Å². The van der Waals surface area contributed by atoms with Gasteiger partial charge in [0, 0.05) is 23.4 Å². The Labute approximate surface area is 201 Å². The topological polar surface area (TPSA) is 143 Å². The Hall–Kier alpha value is -3.73. The average molecular weight is 483 g/mol. The molecule has 0 saturated carbocycles. The zero-order chi connectivity index (χ0) is 24.8. The van der Waals surface area contributed by atoms with E-state index in [9.17, 15) is 19.7 Å². The summed E-state index contributed by atoms with van der Waals surface area (Å²) in [7, 11) is 0. The monoisotopic (exact) mass is 482 g/mol. The van der Waals surface area contributed by atoms with Crippen molar-refractivity contribution in [2.45, 2.75) is 38.9 Å². The molecule has 178 valence electrons. The number of nitrogens with zero attached hydrogens (tertiary/aromatic N) is 3. The molecule has 0 bridgehead atoms. The van der Waals surface area contributed by atoms with Crippen molar-refractivity contribution in [3.05, 3.63) is 75.1 Å². The van der Waals surface area contributed by atoms with Crippen LogP contribution < -0.4 is 10.6 Å². The highest BCUT2D eigenvalue weighted by atomic mass is 32.2. The van der Waals surface area contributed by atoms with Gasteiger partial charge < -0.3 is 10.6 Å². The number of nitrogens with one attached hydrogen (secondary N) is 3. The number of benzene rings is 2. The summed E-state index contributed by atoms with van der Waals surface area (Å²) in [5.41, 5.74) is 2.88. The maximum absolute atomic E-state index is 12.7. The first-order valence-corrected chi connectivity index (χ1v) is 11.6. The highest BCUT2D eigenvalue weighted by Crippen LogP contribution is 2.23. The van der Waals surface area contributed by atoms with Crippen molar-refractivity contribution in [3.8, 4) is 0 Å². The number of nitro benzene ring substituents is 1.